The van der Waals surface area contributed by atoms with E-state index in [4.69, 9.17) is 4.42 Å². The number of benzene rings is 9. The summed E-state index contributed by atoms with van der Waals surface area (Å²) in [5.41, 5.74) is 23.9. The molecule has 0 aliphatic heterocycles. The molecule has 1 aliphatic rings. The number of allylic oxidation sites excluding steroid dienone is 1. The van der Waals surface area contributed by atoms with Crippen LogP contribution in [0, 0.1) is 0 Å². The van der Waals surface area contributed by atoms with E-state index in [0.29, 0.717) is 0 Å². The molecule has 12 rings (SSSR count). The van der Waals surface area contributed by atoms with Gasteiger partial charge in [-0.2, -0.15) is 0 Å². The highest BCUT2D eigenvalue weighted by molar-refractivity contribution is 6.11. The highest BCUT2D eigenvalue weighted by atomic mass is 16.3. The first-order valence-electron chi connectivity index (χ1n) is 21.3. The van der Waals surface area contributed by atoms with Gasteiger partial charge in [0.25, 0.3) is 0 Å². The quantitative estimate of drug-likeness (QED) is 0.143. The van der Waals surface area contributed by atoms with Gasteiger partial charge in [-0.3, -0.25) is 0 Å². The number of para-hydroxylation sites is 2. The van der Waals surface area contributed by atoms with Crippen molar-refractivity contribution in [1.82, 2.24) is 4.57 Å². The van der Waals surface area contributed by atoms with Crippen molar-refractivity contribution in [2.24, 2.45) is 0 Å². The predicted octanol–water partition coefficient (Wildman–Crippen LogP) is 14.6. The second-order valence-corrected chi connectivity index (χ2v) is 16.0. The van der Waals surface area contributed by atoms with Crippen molar-refractivity contribution in [1.29, 1.82) is 0 Å². The predicted molar refractivity (Wildman–Crippen MR) is 262 cm³/mol. The van der Waals surface area contributed by atoms with Gasteiger partial charge in [0.15, 0.2) is 0 Å². The number of hydrogen-bond donors (Lipinski definition) is 0. The first-order chi connectivity index (χ1) is 31.2. The van der Waals surface area contributed by atoms with Crippen LogP contribution in [0.3, 0.4) is 0 Å². The van der Waals surface area contributed by atoms with Gasteiger partial charge in [-0.05, 0) is 124 Å². The third-order valence-corrected chi connectivity index (χ3v) is 12.3. The minimum atomic E-state index is 0.796. The van der Waals surface area contributed by atoms with Crippen molar-refractivity contribution in [2.75, 3.05) is 4.90 Å². The first-order valence-corrected chi connectivity index (χ1v) is 21.3. The van der Waals surface area contributed by atoms with Crippen LogP contribution in [0.25, 0.3) is 94.8 Å². The van der Waals surface area contributed by atoms with Crippen molar-refractivity contribution >= 4 is 61.6 Å². The summed E-state index contributed by atoms with van der Waals surface area (Å²) in [5.74, 6) is 0. The second-order valence-electron chi connectivity index (χ2n) is 16.0. The molecule has 0 spiro atoms. The third kappa shape index (κ3) is 6.41. The summed E-state index contributed by atoms with van der Waals surface area (Å²) in [4.78, 5) is 2.33. The molecule has 0 fully saturated rings. The lowest BCUT2D eigenvalue weighted by Gasteiger charge is -2.26. The molecule has 0 saturated heterocycles. The van der Waals surface area contributed by atoms with Gasteiger partial charge in [-0.25, -0.2) is 0 Å². The Hall–Kier alpha value is -8.58. The van der Waals surface area contributed by atoms with E-state index in [1.807, 2.05) is 12.2 Å². The molecule has 0 N–H and O–H groups in total. The fourth-order valence-electron chi connectivity index (χ4n) is 9.19. The smallest absolute Gasteiger partial charge is 0.144 e. The normalized spacial score (nSPS) is 11.7. The van der Waals surface area contributed by atoms with Gasteiger partial charge in [0.05, 0.1) is 16.3 Å². The van der Waals surface area contributed by atoms with Crippen molar-refractivity contribution in [3.63, 3.8) is 0 Å². The number of hydrogen-bond acceptors (Lipinski definition) is 2. The van der Waals surface area contributed by atoms with E-state index >= 15 is 0 Å². The summed E-state index contributed by atoms with van der Waals surface area (Å²) in [5, 5.41) is 4.38. The van der Waals surface area contributed by atoms with Gasteiger partial charge < -0.3 is 13.9 Å². The Bertz CT molecular complexity index is 3620. The lowest BCUT2D eigenvalue weighted by atomic mass is 9.95. The van der Waals surface area contributed by atoms with Crippen molar-refractivity contribution in [3.8, 4) is 50.2 Å². The lowest BCUT2D eigenvalue weighted by Crippen LogP contribution is -2.18. The zero-order chi connectivity index (χ0) is 41.7. The van der Waals surface area contributed by atoms with Gasteiger partial charge in [0.1, 0.15) is 11.0 Å². The van der Waals surface area contributed by atoms with E-state index in [9.17, 15) is 0 Å². The molecular formula is C60H38N2O. The third-order valence-electron chi connectivity index (χ3n) is 12.3. The van der Waals surface area contributed by atoms with Crippen LogP contribution in [0.15, 0.2) is 235 Å². The van der Waals surface area contributed by atoms with E-state index in [0.717, 1.165) is 72.1 Å². The molecule has 0 unspecified atom stereocenters. The zero-order valence-electron chi connectivity index (χ0n) is 34.2. The molecule has 2 aromatic heterocycles. The summed E-state index contributed by atoms with van der Waals surface area (Å²) < 4.78 is 9.04. The van der Waals surface area contributed by atoms with Crippen molar-refractivity contribution < 1.29 is 4.42 Å². The van der Waals surface area contributed by atoms with Crippen LogP contribution in [0.4, 0.5) is 17.1 Å². The maximum Gasteiger partial charge on any atom is 0.144 e. The molecule has 0 bridgehead atoms. The number of fused-ring (bicyclic) bond motifs is 6. The molecule has 294 valence electrons. The highest BCUT2D eigenvalue weighted by Crippen LogP contribution is 2.41. The number of rotatable bonds is 8. The molecule has 63 heavy (non-hydrogen) atoms. The number of anilines is 3. The summed E-state index contributed by atoms with van der Waals surface area (Å²) in [6.07, 6.45) is 3.85. The Morgan fingerprint density at radius 3 is 1.52 bits per heavy atom. The summed E-state index contributed by atoms with van der Waals surface area (Å²) in [7, 11) is 0. The van der Waals surface area contributed by atoms with Crippen LogP contribution in [0.2, 0.25) is 0 Å². The fourth-order valence-corrected chi connectivity index (χ4v) is 9.19. The molecule has 9 aromatic carbocycles. The Labute approximate surface area is 365 Å². The van der Waals surface area contributed by atoms with E-state index in [2.05, 4.69) is 239 Å². The van der Waals surface area contributed by atoms with Crippen molar-refractivity contribution in [2.45, 2.75) is 0 Å². The monoisotopic (exact) mass is 802 g/mol. The average molecular weight is 803 g/mol. The summed E-state index contributed by atoms with van der Waals surface area (Å²) in [6, 6.07) is 78.3. The van der Waals surface area contributed by atoms with Crippen LogP contribution in [-0.2, 0) is 0 Å². The molecule has 0 amide bonds. The molecule has 0 radical (unpaired) electrons. The SMILES string of the molecule is C1=C=c2c(oc3c(-c4ccc5c6ccccc6n(-c6ccccc6)c5c4)cc(-c4ccc(N(c5ccc(-c6ccccc6)cc5)c5ccc(-c6ccccc6)cc5)cc4)cc23)=CC=1. The Morgan fingerprint density at radius 2 is 0.905 bits per heavy atom. The van der Waals surface area contributed by atoms with Crippen LogP contribution in [0.5, 0.6) is 0 Å². The minimum absolute atomic E-state index is 0.796. The second kappa shape index (κ2) is 15.2. The average Bonchev–Trinajstić information content (AvgIpc) is 3.91. The van der Waals surface area contributed by atoms with Gasteiger partial charge in [-0.1, -0.05) is 157 Å². The minimum Gasteiger partial charge on any atom is -0.455 e. The molecule has 0 saturated carbocycles. The molecule has 11 aromatic rings. The van der Waals surface area contributed by atoms with Crippen molar-refractivity contribution in [3.05, 3.63) is 241 Å². The first kappa shape index (κ1) is 36.3. The summed E-state index contributed by atoms with van der Waals surface area (Å²) in [6.45, 7) is 0. The van der Waals surface area contributed by atoms with Gasteiger partial charge >= 0.3 is 0 Å². The Balaban J connectivity index is 0.987. The molecule has 3 heteroatoms. The van der Waals surface area contributed by atoms with Gasteiger partial charge in [-0.15, -0.1) is 0 Å². The van der Waals surface area contributed by atoms with Crippen LogP contribution in [-0.4, -0.2) is 4.57 Å². The van der Waals surface area contributed by atoms with E-state index < -0.39 is 0 Å². The largest absolute Gasteiger partial charge is 0.455 e. The maximum absolute atomic E-state index is 6.67. The van der Waals surface area contributed by atoms with Gasteiger partial charge in [0, 0.05) is 44.5 Å². The highest BCUT2D eigenvalue weighted by Gasteiger charge is 2.19. The van der Waals surface area contributed by atoms with Crippen LogP contribution >= 0.6 is 0 Å². The standard InChI is InChI=1S/C60H38N2O/c1-4-14-41(15-5-1)43-24-31-49(32-25-43)61(50-33-26-44(27-34-50)42-16-6-2-7-17-42)51-35-28-45(29-36-51)47-38-55(60-56(39-47)54-21-11-13-23-59(54)63-60)46-30-37-53-52-20-10-12-22-57(52)62(58(53)40-46)48-18-8-3-9-19-48/h1-10,12-20,22-40H. The maximum atomic E-state index is 6.67. The molecule has 3 nitrogen and oxygen atoms in total. The molecule has 2 heterocycles. The Kier molecular flexibility index (Phi) is 8.73. The Morgan fingerprint density at radius 1 is 0.397 bits per heavy atom. The number of aromatic nitrogens is 1. The zero-order valence-corrected chi connectivity index (χ0v) is 34.2. The fraction of sp³-hybridized carbons (Fsp3) is 0. The van der Waals surface area contributed by atoms with E-state index in [-0.39, 0.29) is 0 Å². The van der Waals surface area contributed by atoms with E-state index in [1.54, 1.807) is 0 Å². The van der Waals surface area contributed by atoms with Crippen LogP contribution in [0.1, 0.15) is 0 Å². The van der Waals surface area contributed by atoms with E-state index in [1.165, 1.54) is 38.5 Å². The number of furan rings is 1. The summed E-state index contributed by atoms with van der Waals surface area (Å²) >= 11 is 0. The molecule has 1 aliphatic carbocycles. The topological polar surface area (TPSA) is 21.3 Å². The lowest BCUT2D eigenvalue weighted by molar-refractivity contribution is 0.576. The van der Waals surface area contributed by atoms with Crippen LogP contribution < -0.4 is 15.5 Å². The molecule has 0 atom stereocenters. The molecular weight excluding hydrogens is 765 g/mol. The van der Waals surface area contributed by atoms with Gasteiger partial charge in [0.2, 0.25) is 0 Å². The number of nitrogens with zero attached hydrogens (tertiary/aromatic N) is 2.